The minimum atomic E-state index is -0.475. The second kappa shape index (κ2) is 4.44. The van der Waals surface area contributed by atoms with Crippen molar-refractivity contribution in [1.82, 2.24) is 5.32 Å². The molecule has 0 spiro atoms. The van der Waals surface area contributed by atoms with Crippen LogP contribution in [0.2, 0.25) is 0 Å². The van der Waals surface area contributed by atoms with E-state index in [1.54, 1.807) is 13.8 Å². The lowest BCUT2D eigenvalue weighted by Gasteiger charge is -2.16. The molecule has 0 aliphatic heterocycles. The van der Waals surface area contributed by atoms with Crippen LogP contribution in [0.5, 0.6) is 0 Å². The van der Waals surface area contributed by atoms with Crippen molar-refractivity contribution in [3.05, 3.63) is 0 Å². The van der Waals surface area contributed by atoms with Gasteiger partial charge in [0.2, 0.25) is 11.8 Å². The monoisotopic (exact) mass is 198 g/mol. The maximum Gasteiger partial charge on any atom is 0.240 e. The average molecular weight is 198 g/mol. The standard InChI is InChI=1S/C10H18N2O2/c1-6(2)10(14)12-8(9(11)13)5-7-3-4-7/h6-8H,3-5H2,1-2H3,(H2,11,13)(H,12,14)/t8-/m0/s1. The summed E-state index contributed by atoms with van der Waals surface area (Å²) in [5.41, 5.74) is 5.21. The molecule has 0 aromatic heterocycles. The number of carbonyl (C=O) groups excluding carboxylic acids is 2. The molecule has 0 radical (unpaired) electrons. The number of nitrogens with one attached hydrogen (secondary N) is 1. The Balaban J connectivity index is 2.41. The van der Waals surface area contributed by atoms with Gasteiger partial charge in [0.25, 0.3) is 0 Å². The first-order valence-corrected chi connectivity index (χ1v) is 5.10. The summed E-state index contributed by atoms with van der Waals surface area (Å²) in [6, 6.07) is -0.475. The van der Waals surface area contributed by atoms with Crippen LogP contribution < -0.4 is 11.1 Å². The highest BCUT2D eigenvalue weighted by molar-refractivity contribution is 5.87. The third-order valence-electron chi connectivity index (χ3n) is 2.45. The lowest BCUT2D eigenvalue weighted by Crippen LogP contribution is -2.46. The van der Waals surface area contributed by atoms with Crippen LogP contribution in [-0.4, -0.2) is 17.9 Å². The third-order valence-corrected chi connectivity index (χ3v) is 2.45. The number of rotatable bonds is 5. The van der Waals surface area contributed by atoms with E-state index in [-0.39, 0.29) is 11.8 Å². The van der Waals surface area contributed by atoms with E-state index in [4.69, 9.17) is 5.73 Å². The largest absolute Gasteiger partial charge is 0.368 e. The van der Waals surface area contributed by atoms with Crippen molar-refractivity contribution in [1.29, 1.82) is 0 Å². The Bertz CT molecular complexity index is 234. The van der Waals surface area contributed by atoms with Gasteiger partial charge in [-0.25, -0.2) is 0 Å². The number of carbonyl (C=O) groups is 2. The van der Waals surface area contributed by atoms with Gasteiger partial charge >= 0.3 is 0 Å². The Morgan fingerprint density at radius 1 is 1.43 bits per heavy atom. The zero-order valence-corrected chi connectivity index (χ0v) is 8.75. The minimum Gasteiger partial charge on any atom is -0.368 e. The predicted molar refractivity (Wildman–Crippen MR) is 53.3 cm³/mol. The van der Waals surface area contributed by atoms with Crippen molar-refractivity contribution >= 4 is 11.8 Å². The van der Waals surface area contributed by atoms with Crippen LogP contribution in [0.15, 0.2) is 0 Å². The molecule has 1 aliphatic rings. The first-order valence-electron chi connectivity index (χ1n) is 5.10. The van der Waals surface area contributed by atoms with Gasteiger partial charge in [0.1, 0.15) is 6.04 Å². The fraction of sp³-hybridized carbons (Fsp3) is 0.800. The van der Waals surface area contributed by atoms with E-state index in [9.17, 15) is 9.59 Å². The van der Waals surface area contributed by atoms with Crippen LogP contribution in [0, 0.1) is 11.8 Å². The molecule has 0 unspecified atom stereocenters. The highest BCUT2D eigenvalue weighted by Gasteiger charge is 2.29. The van der Waals surface area contributed by atoms with Crippen LogP contribution >= 0.6 is 0 Å². The van der Waals surface area contributed by atoms with E-state index < -0.39 is 11.9 Å². The highest BCUT2D eigenvalue weighted by Crippen LogP contribution is 2.33. The van der Waals surface area contributed by atoms with Gasteiger partial charge in [-0.3, -0.25) is 9.59 Å². The molecule has 80 valence electrons. The number of hydrogen-bond donors (Lipinski definition) is 2. The first-order chi connectivity index (χ1) is 6.50. The summed E-state index contributed by atoms with van der Waals surface area (Å²) in [6.07, 6.45) is 3.01. The summed E-state index contributed by atoms with van der Waals surface area (Å²) in [4.78, 5) is 22.4. The van der Waals surface area contributed by atoms with Crippen LogP contribution in [0.3, 0.4) is 0 Å². The molecular weight excluding hydrogens is 180 g/mol. The second-order valence-corrected chi connectivity index (χ2v) is 4.30. The average Bonchev–Trinajstić information content (AvgIpc) is 2.86. The SMILES string of the molecule is CC(C)C(=O)N[C@@H](CC1CC1)C(N)=O. The maximum absolute atomic E-state index is 11.3. The Morgan fingerprint density at radius 2 is 2.00 bits per heavy atom. The first kappa shape index (κ1) is 11.0. The summed E-state index contributed by atoms with van der Waals surface area (Å²) in [7, 11) is 0. The molecule has 2 amide bonds. The van der Waals surface area contributed by atoms with Crippen molar-refractivity contribution in [2.45, 2.75) is 39.2 Å². The van der Waals surface area contributed by atoms with Crippen molar-refractivity contribution in [2.24, 2.45) is 17.6 Å². The second-order valence-electron chi connectivity index (χ2n) is 4.30. The molecule has 4 heteroatoms. The summed E-state index contributed by atoms with van der Waals surface area (Å²) < 4.78 is 0. The molecule has 4 nitrogen and oxygen atoms in total. The number of nitrogens with two attached hydrogens (primary N) is 1. The Kier molecular flexibility index (Phi) is 3.49. The molecule has 1 rings (SSSR count). The van der Waals surface area contributed by atoms with Gasteiger partial charge in [-0.1, -0.05) is 26.7 Å². The van der Waals surface area contributed by atoms with Gasteiger partial charge in [0, 0.05) is 5.92 Å². The van der Waals surface area contributed by atoms with E-state index in [2.05, 4.69) is 5.32 Å². The van der Waals surface area contributed by atoms with E-state index in [0.717, 1.165) is 12.8 Å². The summed E-state index contributed by atoms with van der Waals surface area (Å²) in [5.74, 6) is -0.0450. The fourth-order valence-corrected chi connectivity index (χ4v) is 1.27. The van der Waals surface area contributed by atoms with Crippen LogP contribution in [-0.2, 0) is 9.59 Å². The quantitative estimate of drug-likeness (QED) is 0.671. The van der Waals surface area contributed by atoms with Gasteiger partial charge in [0.15, 0.2) is 0 Å². The van der Waals surface area contributed by atoms with Crippen molar-refractivity contribution in [2.75, 3.05) is 0 Å². The zero-order valence-electron chi connectivity index (χ0n) is 8.75. The van der Waals surface area contributed by atoms with Crippen molar-refractivity contribution in [3.63, 3.8) is 0 Å². The molecule has 0 bridgehead atoms. The summed E-state index contributed by atoms with van der Waals surface area (Å²) in [6.45, 7) is 3.59. The van der Waals surface area contributed by atoms with Crippen LogP contribution in [0.4, 0.5) is 0 Å². The zero-order chi connectivity index (χ0) is 10.7. The topological polar surface area (TPSA) is 72.2 Å². The molecule has 1 aliphatic carbocycles. The molecular formula is C10H18N2O2. The molecule has 1 saturated carbocycles. The summed E-state index contributed by atoms with van der Waals surface area (Å²) in [5, 5.41) is 2.67. The highest BCUT2D eigenvalue weighted by atomic mass is 16.2. The number of hydrogen-bond acceptors (Lipinski definition) is 2. The van der Waals surface area contributed by atoms with Gasteiger partial charge < -0.3 is 11.1 Å². The molecule has 14 heavy (non-hydrogen) atoms. The van der Waals surface area contributed by atoms with Crippen molar-refractivity contribution in [3.8, 4) is 0 Å². The normalized spacial score (nSPS) is 17.9. The molecule has 1 fully saturated rings. The fourth-order valence-electron chi connectivity index (χ4n) is 1.27. The summed E-state index contributed by atoms with van der Waals surface area (Å²) >= 11 is 0. The van der Waals surface area contributed by atoms with E-state index in [1.165, 1.54) is 0 Å². The molecule has 0 saturated heterocycles. The minimum absolute atomic E-state index is 0.101. The van der Waals surface area contributed by atoms with E-state index in [1.807, 2.05) is 0 Å². The molecule has 0 aromatic carbocycles. The Hall–Kier alpha value is -1.06. The van der Waals surface area contributed by atoms with Gasteiger partial charge in [-0.05, 0) is 12.3 Å². The van der Waals surface area contributed by atoms with Gasteiger partial charge in [-0.15, -0.1) is 0 Å². The molecule has 1 atom stereocenters. The number of amides is 2. The van der Waals surface area contributed by atoms with E-state index in [0.29, 0.717) is 12.3 Å². The van der Waals surface area contributed by atoms with E-state index >= 15 is 0 Å². The van der Waals surface area contributed by atoms with Crippen LogP contribution in [0.1, 0.15) is 33.1 Å². The molecule has 0 aromatic rings. The third kappa shape index (κ3) is 3.36. The smallest absolute Gasteiger partial charge is 0.240 e. The lowest BCUT2D eigenvalue weighted by atomic mass is 10.1. The van der Waals surface area contributed by atoms with Gasteiger partial charge in [0.05, 0.1) is 0 Å². The Morgan fingerprint density at radius 3 is 2.36 bits per heavy atom. The Labute approximate surface area is 84.2 Å². The molecule has 0 heterocycles. The predicted octanol–water partition coefficient (Wildman–Crippen LogP) is 0.413. The number of primary amides is 1. The maximum atomic E-state index is 11.3. The molecule has 3 N–H and O–H groups in total. The van der Waals surface area contributed by atoms with Crippen LogP contribution in [0.25, 0.3) is 0 Å². The lowest BCUT2D eigenvalue weighted by molar-refractivity contribution is -0.129. The van der Waals surface area contributed by atoms with Crippen molar-refractivity contribution < 1.29 is 9.59 Å². The van der Waals surface area contributed by atoms with Gasteiger partial charge in [-0.2, -0.15) is 0 Å².